The van der Waals surface area contributed by atoms with Gasteiger partial charge >= 0.3 is 0 Å². The summed E-state index contributed by atoms with van der Waals surface area (Å²) in [6.45, 7) is 5.68. The highest BCUT2D eigenvalue weighted by atomic mass is 19.1. The predicted octanol–water partition coefficient (Wildman–Crippen LogP) is 2.51. The molecule has 94 valence electrons. The first-order valence-electron chi connectivity index (χ1n) is 6.38. The molecule has 1 saturated heterocycles. The van der Waals surface area contributed by atoms with E-state index in [1.54, 1.807) is 0 Å². The first-order chi connectivity index (χ1) is 8.28. The van der Waals surface area contributed by atoms with Crippen LogP contribution >= 0.6 is 0 Å². The highest BCUT2D eigenvalue weighted by Crippen LogP contribution is 2.16. The van der Waals surface area contributed by atoms with Gasteiger partial charge in [-0.25, -0.2) is 4.98 Å². The summed E-state index contributed by atoms with van der Waals surface area (Å²) in [5.41, 5.74) is 0.839. The third-order valence-electron chi connectivity index (χ3n) is 3.22. The monoisotopic (exact) mass is 237 g/mol. The van der Waals surface area contributed by atoms with Crippen molar-refractivity contribution in [1.82, 2.24) is 9.88 Å². The average molecular weight is 237 g/mol. The van der Waals surface area contributed by atoms with E-state index < -0.39 is 5.95 Å². The Kier molecular flexibility index (Phi) is 4.31. The van der Waals surface area contributed by atoms with Gasteiger partial charge in [0.05, 0.1) is 0 Å². The Morgan fingerprint density at radius 3 is 2.88 bits per heavy atom. The van der Waals surface area contributed by atoms with Crippen LogP contribution in [0.3, 0.4) is 0 Å². The molecule has 0 unspecified atom stereocenters. The summed E-state index contributed by atoms with van der Waals surface area (Å²) in [5.74, 6) is -0.418. The Hall–Kier alpha value is -1.16. The summed E-state index contributed by atoms with van der Waals surface area (Å²) in [6.07, 6.45) is 4.98. The van der Waals surface area contributed by atoms with E-state index in [2.05, 4.69) is 22.1 Å². The smallest absolute Gasteiger partial charge is 0.214 e. The molecule has 3 nitrogen and oxygen atoms in total. The van der Waals surface area contributed by atoms with Crippen LogP contribution in [0.25, 0.3) is 0 Å². The van der Waals surface area contributed by atoms with E-state index in [4.69, 9.17) is 0 Å². The maximum atomic E-state index is 12.9. The molecule has 2 heterocycles. The lowest BCUT2D eigenvalue weighted by atomic mass is 10.0. The highest BCUT2D eigenvalue weighted by molar-refractivity contribution is 5.42. The van der Waals surface area contributed by atoms with Crippen molar-refractivity contribution >= 4 is 5.69 Å². The van der Waals surface area contributed by atoms with Gasteiger partial charge in [0, 0.05) is 37.1 Å². The fraction of sp³-hybridized carbons (Fsp3) is 0.615. The minimum Gasteiger partial charge on any atom is -0.382 e. The second kappa shape index (κ2) is 5.96. The lowest BCUT2D eigenvalue weighted by molar-refractivity contribution is 0.219. The number of halogens is 1. The number of likely N-dealkylation sites (tertiary alicyclic amines) is 1. The van der Waals surface area contributed by atoms with E-state index >= 15 is 0 Å². The van der Waals surface area contributed by atoms with Gasteiger partial charge in [-0.15, -0.1) is 0 Å². The molecule has 1 fully saturated rings. The van der Waals surface area contributed by atoms with Gasteiger partial charge in [-0.3, -0.25) is 0 Å². The van der Waals surface area contributed by atoms with Crippen LogP contribution < -0.4 is 5.32 Å². The summed E-state index contributed by atoms with van der Waals surface area (Å²) in [4.78, 5) is 6.05. The van der Waals surface area contributed by atoms with Crippen LogP contribution in [0.4, 0.5) is 10.1 Å². The quantitative estimate of drug-likeness (QED) is 0.816. The summed E-state index contributed by atoms with van der Waals surface area (Å²) in [5, 5.41) is 3.38. The maximum Gasteiger partial charge on any atom is 0.214 e. The fourth-order valence-electron chi connectivity index (χ4n) is 2.35. The molecule has 1 aliphatic rings. The molecule has 0 bridgehead atoms. The van der Waals surface area contributed by atoms with E-state index in [0.717, 1.165) is 31.6 Å². The highest BCUT2D eigenvalue weighted by Gasteiger charge is 2.18. The van der Waals surface area contributed by atoms with Crippen LogP contribution in [0.2, 0.25) is 0 Å². The number of nitrogens with zero attached hydrogens (tertiary/aromatic N) is 2. The summed E-state index contributed by atoms with van der Waals surface area (Å²) < 4.78 is 12.9. The van der Waals surface area contributed by atoms with Crippen LogP contribution in [0.1, 0.15) is 26.2 Å². The Morgan fingerprint density at radius 1 is 1.47 bits per heavy atom. The molecule has 0 saturated carbocycles. The predicted molar refractivity (Wildman–Crippen MR) is 67.6 cm³/mol. The molecule has 0 aromatic carbocycles. The van der Waals surface area contributed by atoms with Crippen LogP contribution in [0.5, 0.6) is 0 Å². The Labute approximate surface area is 102 Å². The third-order valence-corrected chi connectivity index (χ3v) is 3.22. The van der Waals surface area contributed by atoms with Gasteiger partial charge in [0.1, 0.15) is 0 Å². The number of anilines is 1. The van der Waals surface area contributed by atoms with Crippen molar-refractivity contribution in [2.45, 2.75) is 32.2 Å². The van der Waals surface area contributed by atoms with E-state index in [1.807, 2.05) is 6.07 Å². The average Bonchev–Trinajstić information content (AvgIpc) is 2.32. The lowest BCUT2D eigenvalue weighted by Crippen LogP contribution is -2.39. The zero-order chi connectivity index (χ0) is 12.1. The number of rotatable bonds is 4. The molecule has 1 aromatic heterocycles. The van der Waals surface area contributed by atoms with E-state index in [0.29, 0.717) is 6.04 Å². The lowest BCUT2D eigenvalue weighted by Gasteiger charge is -2.32. The number of hydrogen-bond acceptors (Lipinski definition) is 3. The molecule has 0 aliphatic carbocycles. The fourth-order valence-corrected chi connectivity index (χ4v) is 2.35. The Balaban J connectivity index is 1.82. The van der Waals surface area contributed by atoms with Crippen molar-refractivity contribution in [3.05, 3.63) is 24.3 Å². The number of hydrogen-bond donors (Lipinski definition) is 1. The number of piperidine rings is 1. The van der Waals surface area contributed by atoms with Crippen molar-refractivity contribution in [3.8, 4) is 0 Å². The van der Waals surface area contributed by atoms with Crippen LogP contribution in [0, 0.1) is 5.95 Å². The maximum absolute atomic E-state index is 12.9. The Morgan fingerprint density at radius 2 is 2.24 bits per heavy atom. The van der Waals surface area contributed by atoms with Crippen molar-refractivity contribution in [3.63, 3.8) is 0 Å². The molecule has 0 radical (unpaired) electrons. The molecule has 2 rings (SSSR count). The van der Waals surface area contributed by atoms with E-state index in [9.17, 15) is 4.39 Å². The van der Waals surface area contributed by atoms with Crippen molar-refractivity contribution in [1.29, 1.82) is 0 Å². The molecular weight excluding hydrogens is 217 g/mol. The largest absolute Gasteiger partial charge is 0.382 e. The second-order valence-electron chi connectivity index (χ2n) is 4.63. The number of pyridine rings is 1. The zero-order valence-electron chi connectivity index (χ0n) is 10.3. The SMILES string of the molecule is CCCN1CCC(Nc2ccnc(F)c2)CC1. The van der Waals surface area contributed by atoms with Crippen LogP contribution in [0.15, 0.2) is 18.3 Å². The molecular formula is C13H20FN3. The molecule has 1 N–H and O–H groups in total. The standard InChI is InChI=1S/C13H20FN3/c1-2-7-17-8-4-11(5-9-17)16-12-3-6-15-13(14)10-12/h3,6,10-11H,2,4-5,7-9H2,1H3,(H,15,16). The molecule has 1 aromatic rings. The molecule has 1 aliphatic heterocycles. The van der Waals surface area contributed by atoms with Gasteiger partial charge in [-0.1, -0.05) is 6.92 Å². The number of nitrogens with one attached hydrogen (secondary N) is 1. The van der Waals surface area contributed by atoms with Gasteiger partial charge in [-0.2, -0.15) is 4.39 Å². The molecule has 4 heteroatoms. The molecule has 17 heavy (non-hydrogen) atoms. The van der Waals surface area contributed by atoms with Gasteiger partial charge in [0.15, 0.2) is 0 Å². The van der Waals surface area contributed by atoms with Crippen LogP contribution in [-0.4, -0.2) is 35.6 Å². The summed E-state index contributed by atoms with van der Waals surface area (Å²) in [6, 6.07) is 3.74. The molecule has 0 amide bonds. The third kappa shape index (κ3) is 3.66. The topological polar surface area (TPSA) is 28.2 Å². The normalized spacial score (nSPS) is 18.2. The van der Waals surface area contributed by atoms with E-state index in [-0.39, 0.29) is 0 Å². The second-order valence-corrected chi connectivity index (χ2v) is 4.63. The summed E-state index contributed by atoms with van der Waals surface area (Å²) >= 11 is 0. The minimum absolute atomic E-state index is 0.418. The van der Waals surface area contributed by atoms with Gasteiger partial charge in [0.2, 0.25) is 5.95 Å². The minimum atomic E-state index is -0.418. The van der Waals surface area contributed by atoms with Gasteiger partial charge in [0.25, 0.3) is 0 Å². The van der Waals surface area contributed by atoms with Crippen molar-refractivity contribution < 1.29 is 4.39 Å². The van der Waals surface area contributed by atoms with Crippen LogP contribution in [-0.2, 0) is 0 Å². The van der Waals surface area contributed by atoms with Gasteiger partial charge in [-0.05, 0) is 31.9 Å². The van der Waals surface area contributed by atoms with Crippen molar-refractivity contribution in [2.75, 3.05) is 25.0 Å². The molecule has 0 spiro atoms. The summed E-state index contributed by atoms with van der Waals surface area (Å²) in [7, 11) is 0. The zero-order valence-corrected chi connectivity index (χ0v) is 10.3. The molecule has 0 atom stereocenters. The first-order valence-corrected chi connectivity index (χ1v) is 6.38. The Bertz CT molecular complexity index is 348. The van der Waals surface area contributed by atoms with Gasteiger partial charge < -0.3 is 10.2 Å². The van der Waals surface area contributed by atoms with E-state index in [1.165, 1.54) is 25.2 Å². The number of aromatic nitrogens is 1. The first kappa shape index (κ1) is 12.3. The van der Waals surface area contributed by atoms with Crippen molar-refractivity contribution in [2.24, 2.45) is 0 Å².